The van der Waals surface area contributed by atoms with Crippen LogP contribution in [0.3, 0.4) is 0 Å². The van der Waals surface area contributed by atoms with Gasteiger partial charge in [0.1, 0.15) is 5.75 Å². The maximum atomic E-state index is 10.2. The number of halogens is 2. The molecule has 2 rings (SSSR count). The molecule has 0 aliphatic carbocycles. The van der Waals surface area contributed by atoms with E-state index in [1.54, 1.807) is 31.4 Å². The smallest absolute Gasteiger partial charge is 0.120 e. The molecule has 0 amide bonds. The molecule has 0 aliphatic rings. The second-order valence-electron chi connectivity index (χ2n) is 4.24. The first-order valence-corrected chi connectivity index (χ1v) is 6.61. The maximum Gasteiger partial charge on any atom is 0.120 e. The van der Waals surface area contributed by atoms with Crippen molar-refractivity contribution < 1.29 is 9.84 Å². The van der Waals surface area contributed by atoms with Gasteiger partial charge in [0.05, 0.1) is 18.2 Å². The van der Waals surface area contributed by atoms with Gasteiger partial charge < -0.3 is 9.84 Å². The lowest BCUT2D eigenvalue weighted by molar-refractivity contribution is 0.178. The van der Waals surface area contributed by atoms with Gasteiger partial charge in [0.15, 0.2) is 0 Å². The molecule has 0 heterocycles. The lowest BCUT2D eigenvalue weighted by atomic mass is 10.0. The number of benzene rings is 2. The van der Waals surface area contributed by atoms with Crippen LogP contribution in [0.5, 0.6) is 5.75 Å². The van der Waals surface area contributed by atoms with Crippen LogP contribution in [0.2, 0.25) is 10.0 Å². The molecule has 0 spiro atoms. The second kappa shape index (κ2) is 6.29. The van der Waals surface area contributed by atoms with Gasteiger partial charge in [-0.15, -0.1) is 0 Å². The SMILES string of the molecule is COc1ccc(C(O)Cc2cccc(Cl)c2)c(Cl)c1. The minimum atomic E-state index is -0.670. The Labute approximate surface area is 122 Å². The molecule has 0 aliphatic heterocycles. The molecule has 0 saturated heterocycles. The normalized spacial score (nSPS) is 12.2. The van der Waals surface area contributed by atoms with E-state index in [0.717, 1.165) is 5.56 Å². The molecule has 19 heavy (non-hydrogen) atoms. The zero-order valence-corrected chi connectivity index (χ0v) is 11.9. The van der Waals surface area contributed by atoms with Crippen LogP contribution in [-0.2, 0) is 6.42 Å². The van der Waals surface area contributed by atoms with Crippen LogP contribution in [0.15, 0.2) is 42.5 Å². The van der Waals surface area contributed by atoms with E-state index in [0.29, 0.717) is 27.8 Å². The Bertz CT molecular complexity index is 570. The van der Waals surface area contributed by atoms with E-state index in [4.69, 9.17) is 27.9 Å². The largest absolute Gasteiger partial charge is 0.497 e. The zero-order chi connectivity index (χ0) is 13.8. The summed E-state index contributed by atoms with van der Waals surface area (Å²) < 4.78 is 5.08. The third-order valence-corrected chi connectivity index (χ3v) is 3.45. The summed E-state index contributed by atoms with van der Waals surface area (Å²) in [6.07, 6.45) is -0.205. The summed E-state index contributed by atoms with van der Waals surface area (Å²) in [6.45, 7) is 0. The molecule has 1 N–H and O–H groups in total. The Morgan fingerprint density at radius 1 is 1.16 bits per heavy atom. The van der Waals surface area contributed by atoms with E-state index in [1.807, 2.05) is 18.2 Å². The molecule has 1 atom stereocenters. The van der Waals surface area contributed by atoms with E-state index in [1.165, 1.54) is 0 Å². The summed E-state index contributed by atoms with van der Waals surface area (Å²) in [6, 6.07) is 12.7. The van der Waals surface area contributed by atoms with E-state index in [9.17, 15) is 5.11 Å². The minimum Gasteiger partial charge on any atom is -0.497 e. The van der Waals surface area contributed by atoms with Crippen LogP contribution >= 0.6 is 23.2 Å². The third-order valence-electron chi connectivity index (χ3n) is 2.88. The van der Waals surface area contributed by atoms with Crippen molar-refractivity contribution in [3.05, 3.63) is 63.6 Å². The van der Waals surface area contributed by atoms with Crippen molar-refractivity contribution in [3.63, 3.8) is 0 Å². The molecule has 2 aromatic carbocycles. The molecule has 0 saturated carbocycles. The summed E-state index contributed by atoms with van der Waals surface area (Å²) in [5.41, 5.74) is 1.65. The molecule has 0 aromatic heterocycles. The number of aliphatic hydroxyl groups is 1. The maximum absolute atomic E-state index is 10.2. The first kappa shape index (κ1) is 14.2. The van der Waals surface area contributed by atoms with Crippen molar-refractivity contribution in [1.82, 2.24) is 0 Å². The predicted molar refractivity (Wildman–Crippen MR) is 78.1 cm³/mol. The van der Waals surface area contributed by atoms with Crippen LogP contribution in [-0.4, -0.2) is 12.2 Å². The van der Waals surface area contributed by atoms with Crippen molar-refractivity contribution in [2.75, 3.05) is 7.11 Å². The number of hydrogen-bond acceptors (Lipinski definition) is 2. The number of ether oxygens (including phenoxy) is 1. The minimum absolute atomic E-state index is 0.465. The van der Waals surface area contributed by atoms with Crippen molar-refractivity contribution in [2.45, 2.75) is 12.5 Å². The van der Waals surface area contributed by atoms with E-state index >= 15 is 0 Å². The molecule has 1 unspecified atom stereocenters. The van der Waals surface area contributed by atoms with Crippen LogP contribution in [0, 0.1) is 0 Å². The monoisotopic (exact) mass is 296 g/mol. The van der Waals surface area contributed by atoms with Gasteiger partial charge in [0.2, 0.25) is 0 Å². The Kier molecular flexibility index (Phi) is 4.70. The van der Waals surface area contributed by atoms with Crippen molar-refractivity contribution in [3.8, 4) is 5.75 Å². The molecule has 0 bridgehead atoms. The first-order chi connectivity index (χ1) is 9.10. The van der Waals surface area contributed by atoms with E-state index < -0.39 is 6.10 Å². The molecule has 2 aromatic rings. The zero-order valence-electron chi connectivity index (χ0n) is 10.4. The van der Waals surface area contributed by atoms with E-state index in [-0.39, 0.29) is 0 Å². The highest BCUT2D eigenvalue weighted by atomic mass is 35.5. The topological polar surface area (TPSA) is 29.5 Å². The van der Waals surface area contributed by atoms with E-state index in [2.05, 4.69) is 0 Å². The quantitative estimate of drug-likeness (QED) is 0.912. The van der Waals surface area contributed by atoms with Gasteiger partial charge in [-0.1, -0.05) is 41.4 Å². The van der Waals surface area contributed by atoms with Crippen LogP contribution < -0.4 is 4.74 Å². The van der Waals surface area contributed by atoms with Gasteiger partial charge in [0.25, 0.3) is 0 Å². The summed E-state index contributed by atoms with van der Waals surface area (Å²) in [5, 5.41) is 11.4. The van der Waals surface area contributed by atoms with Gasteiger partial charge in [0, 0.05) is 11.4 Å². The predicted octanol–water partition coefficient (Wildman–Crippen LogP) is 4.28. The van der Waals surface area contributed by atoms with Gasteiger partial charge in [-0.3, -0.25) is 0 Å². The molecular formula is C15H14Cl2O2. The summed E-state index contributed by atoms with van der Waals surface area (Å²) in [4.78, 5) is 0. The number of rotatable bonds is 4. The average molecular weight is 297 g/mol. The molecule has 0 fully saturated rings. The Morgan fingerprint density at radius 2 is 1.95 bits per heavy atom. The third kappa shape index (κ3) is 3.63. The van der Waals surface area contributed by atoms with Gasteiger partial charge in [-0.05, 0) is 35.4 Å². The van der Waals surface area contributed by atoms with Crippen molar-refractivity contribution in [2.24, 2.45) is 0 Å². The van der Waals surface area contributed by atoms with Gasteiger partial charge in [-0.2, -0.15) is 0 Å². The average Bonchev–Trinajstić information content (AvgIpc) is 2.38. The number of hydrogen-bond donors (Lipinski definition) is 1. The number of methoxy groups -OCH3 is 1. The Balaban J connectivity index is 2.18. The Morgan fingerprint density at radius 3 is 2.58 bits per heavy atom. The summed E-state index contributed by atoms with van der Waals surface area (Å²) in [5.74, 6) is 0.670. The standard InChI is InChI=1S/C15H14Cl2O2/c1-19-12-5-6-13(14(17)9-12)15(18)8-10-3-2-4-11(16)7-10/h2-7,9,15,18H,8H2,1H3. The van der Waals surface area contributed by atoms with Gasteiger partial charge >= 0.3 is 0 Å². The molecule has 2 nitrogen and oxygen atoms in total. The fraction of sp³-hybridized carbons (Fsp3) is 0.200. The molecule has 100 valence electrons. The number of aliphatic hydroxyl groups excluding tert-OH is 1. The first-order valence-electron chi connectivity index (χ1n) is 5.86. The van der Waals surface area contributed by atoms with Crippen LogP contribution in [0.25, 0.3) is 0 Å². The second-order valence-corrected chi connectivity index (χ2v) is 5.08. The summed E-state index contributed by atoms with van der Waals surface area (Å²) in [7, 11) is 1.58. The fourth-order valence-corrected chi connectivity index (χ4v) is 2.41. The van der Waals surface area contributed by atoms with Crippen molar-refractivity contribution in [1.29, 1.82) is 0 Å². The highest BCUT2D eigenvalue weighted by Crippen LogP contribution is 2.29. The van der Waals surface area contributed by atoms with Crippen LogP contribution in [0.4, 0.5) is 0 Å². The fourth-order valence-electron chi connectivity index (χ4n) is 1.90. The highest BCUT2D eigenvalue weighted by molar-refractivity contribution is 6.31. The van der Waals surface area contributed by atoms with Gasteiger partial charge in [-0.25, -0.2) is 0 Å². The molecule has 0 radical (unpaired) electrons. The van der Waals surface area contributed by atoms with Crippen molar-refractivity contribution >= 4 is 23.2 Å². The molecular weight excluding hydrogens is 283 g/mol. The Hall–Kier alpha value is -1.22. The summed E-state index contributed by atoms with van der Waals surface area (Å²) >= 11 is 12.1. The van der Waals surface area contributed by atoms with Crippen LogP contribution in [0.1, 0.15) is 17.2 Å². The highest BCUT2D eigenvalue weighted by Gasteiger charge is 2.13. The lowest BCUT2D eigenvalue weighted by Crippen LogP contribution is -2.02. The molecule has 4 heteroatoms. The lowest BCUT2D eigenvalue weighted by Gasteiger charge is -2.14.